The summed E-state index contributed by atoms with van der Waals surface area (Å²) in [5.74, 6) is 0.100. The first-order valence-corrected chi connectivity index (χ1v) is 9.11. The van der Waals surface area contributed by atoms with Crippen LogP contribution in [0.5, 0.6) is 0 Å². The predicted octanol–water partition coefficient (Wildman–Crippen LogP) is 2.79. The average Bonchev–Trinajstić information content (AvgIpc) is 2.21. The maximum absolute atomic E-state index is 11.8. The number of alkyl carbamates (subject to hydrolysis) is 1. The second-order valence-electron chi connectivity index (χ2n) is 6.00. The highest BCUT2D eigenvalue weighted by molar-refractivity contribution is 9.11. The summed E-state index contributed by atoms with van der Waals surface area (Å²) in [5, 5.41) is 2.73. The van der Waals surface area contributed by atoms with E-state index in [9.17, 15) is 13.2 Å². The van der Waals surface area contributed by atoms with E-state index in [0.29, 0.717) is 4.48 Å². The molecule has 8 heteroatoms. The van der Waals surface area contributed by atoms with E-state index in [1.165, 1.54) is 0 Å². The Morgan fingerprint density at radius 2 is 1.86 bits per heavy atom. The minimum Gasteiger partial charge on any atom is -0.444 e. The van der Waals surface area contributed by atoms with Crippen LogP contribution in [0.1, 0.15) is 34.6 Å². The van der Waals surface area contributed by atoms with Gasteiger partial charge in [0, 0.05) is 4.48 Å². The molecule has 0 aromatic rings. The van der Waals surface area contributed by atoms with Gasteiger partial charge in [-0.05, 0) is 32.8 Å². The molecule has 0 heterocycles. The fourth-order valence-corrected chi connectivity index (χ4v) is 2.14. The van der Waals surface area contributed by atoms with E-state index >= 15 is 0 Å². The molecule has 0 fully saturated rings. The molecule has 0 aromatic carbocycles. The van der Waals surface area contributed by atoms with Gasteiger partial charge in [-0.1, -0.05) is 29.8 Å². The van der Waals surface area contributed by atoms with Crippen molar-refractivity contribution in [1.29, 1.82) is 0 Å². The second kappa shape index (κ2) is 8.14. The lowest BCUT2D eigenvalue weighted by molar-refractivity contribution is 0.0503. The van der Waals surface area contributed by atoms with E-state index < -0.39 is 21.8 Å². The Morgan fingerprint density at radius 1 is 1.33 bits per heavy atom. The average molecular weight is 386 g/mol. The second-order valence-corrected chi connectivity index (χ2v) is 8.66. The Kier molecular flexibility index (Phi) is 7.91. The monoisotopic (exact) mass is 385 g/mol. The van der Waals surface area contributed by atoms with Gasteiger partial charge in [-0.25, -0.2) is 4.79 Å². The fourth-order valence-electron chi connectivity index (χ4n) is 1.25. The summed E-state index contributed by atoms with van der Waals surface area (Å²) in [5.41, 5.74) is -0.577. The highest BCUT2D eigenvalue weighted by Gasteiger charge is 2.20. The molecule has 0 aliphatic heterocycles. The molecular weight excluding hydrogens is 362 g/mol. The van der Waals surface area contributed by atoms with Crippen LogP contribution in [0.15, 0.2) is 10.6 Å². The van der Waals surface area contributed by atoms with E-state index in [0.717, 1.165) is 6.26 Å². The van der Waals surface area contributed by atoms with E-state index in [-0.39, 0.29) is 18.6 Å². The first-order valence-electron chi connectivity index (χ1n) is 6.50. The molecule has 21 heavy (non-hydrogen) atoms. The summed E-state index contributed by atoms with van der Waals surface area (Å²) in [6.45, 7) is 9.08. The van der Waals surface area contributed by atoms with Crippen LogP contribution in [0.3, 0.4) is 0 Å². The third kappa shape index (κ3) is 11.7. The summed E-state index contributed by atoms with van der Waals surface area (Å²) >= 11 is 3.23. The molecular formula is C13H24BrNO5S. The van der Waals surface area contributed by atoms with Crippen molar-refractivity contribution in [3.63, 3.8) is 0 Å². The molecule has 0 saturated carbocycles. The third-order valence-corrected chi connectivity index (χ3v) is 3.21. The third-order valence-electron chi connectivity index (χ3n) is 2.17. The van der Waals surface area contributed by atoms with Gasteiger partial charge in [-0.3, -0.25) is 4.18 Å². The lowest BCUT2D eigenvalue weighted by atomic mass is 10.0. The quantitative estimate of drug-likeness (QED) is 0.710. The van der Waals surface area contributed by atoms with Crippen LogP contribution in [0, 0.1) is 5.92 Å². The number of hydrogen-bond donors (Lipinski definition) is 1. The smallest absolute Gasteiger partial charge is 0.408 e. The minimum atomic E-state index is -3.51. The van der Waals surface area contributed by atoms with Gasteiger partial charge < -0.3 is 10.1 Å². The van der Waals surface area contributed by atoms with Gasteiger partial charge in [0.15, 0.2) is 0 Å². The molecule has 1 N–H and O–H groups in total. The number of rotatable bonds is 6. The molecule has 0 spiro atoms. The lowest BCUT2D eigenvalue weighted by Crippen LogP contribution is -2.40. The highest BCUT2D eigenvalue weighted by atomic mass is 79.9. The van der Waals surface area contributed by atoms with Crippen LogP contribution in [-0.4, -0.2) is 39.0 Å². The zero-order valence-electron chi connectivity index (χ0n) is 13.3. The molecule has 124 valence electrons. The van der Waals surface area contributed by atoms with Crippen molar-refractivity contribution in [3.8, 4) is 0 Å². The SMILES string of the molecule is CC(C)C(/C=C(\Br)COS(C)(=O)=O)NC(=O)OC(C)(C)C. The topological polar surface area (TPSA) is 81.7 Å². The number of halogens is 1. The Bertz CT molecular complexity index is 479. The number of amides is 1. The van der Waals surface area contributed by atoms with Crippen LogP contribution in [0.25, 0.3) is 0 Å². The molecule has 0 aliphatic carbocycles. The van der Waals surface area contributed by atoms with Crippen molar-refractivity contribution < 1.29 is 22.1 Å². The van der Waals surface area contributed by atoms with Crippen LogP contribution < -0.4 is 5.32 Å². The predicted molar refractivity (Wildman–Crippen MR) is 85.8 cm³/mol. The first-order chi connectivity index (χ1) is 9.30. The van der Waals surface area contributed by atoms with E-state index in [2.05, 4.69) is 25.4 Å². The number of carbonyl (C=O) groups excluding carboxylic acids is 1. The Morgan fingerprint density at radius 3 is 2.24 bits per heavy atom. The van der Waals surface area contributed by atoms with Gasteiger partial charge in [-0.2, -0.15) is 8.42 Å². The molecule has 0 saturated heterocycles. The van der Waals surface area contributed by atoms with Gasteiger partial charge in [0.05, 0.1) is 18.9 Å². The van der Waals surface area contributed by atoms with Gasteiger partial charge in [-0.15, -0.1) is 0 Å². The summed E-state index contributed by atoms with van der Waals surface area (Å²) < 4.78 is 32.3. The molecule has 0 radical (unpaired) electrons. The number of nitrogens with one attached hydrogen (secondary N) is 1. The van der Waals surface area contributed by atoms with Gasteiger partial charge in [0.25, 0.3) is 10.1 Å². The maximum Gasteiger partial charge on any atom is 0.408 e. The zero-order chi connectivity index (χ0) is 16.8. The molecule has 1 unspecified atom stereocenters. The van der Waals surface area contributed by atoms with Crippen molar-refractivity contribution in [2.75, 3.05) is 12.9 Å². The standard InChI is InChI=1S/C13H24BrNO5S/c1-9(2)11(15-12(16)20-13(3,4)5)7-10(14)8-19-21(6,17)18/h7,9,11H,8H2,1-6H3,(H,15,16)/b10-7-. The number of hydrogen-bond acceptors (Lipinski definition) is 5. The highest BCUT2D eigenvalue weighted by Crippen LogP contribution is 2.14. The Balaban J connectivity index is 4.72. The Labute approximate surface area is 135 Å². The van der Waals surface area contributed by atoms with Gasteiger partial charge in [0.2, 0.25) is 0 Å². The summed E-state index contributed by atoms with van der Waals surface area (Å²) in [6, 6.07) is -0.308. The first kappa shape index (κ1) is 20.4. The zero-order valence-corrected chi connectivity index (χ0v) is 15.7. The van der Waals surface area contributed by atoms with Crippen molar-refractivity contribution in [2.45, 2.75) is 46.3 Å². The van der Waals surface area contributed by atoms with Crippen molar-refractivity contribution >= 4 is 32.1 Å². The number of carbonyl (C=O) groups is 1. The van der Waals surface area contributed by atoms with Crippen LogP contribution in [0.2, 0.25) is 0 Å². The Hall–Kier alpha value is -0.600. The lowest BCUT2D eigenvalue weighted by Gasteiger charge is -2.24. The normalized spacial score (nSPS) is 15.0. The largest absolute Gasteiger partial charge is 0.444 e. The van der Waals surface area contributed by atoms with Gasteiger partial charge in [0.1, 0.15) is 5.60 Å². The maximum atomic E-state index is 11.8. The molecule has 0 aliphatic rings. The molecule has 6 nitrogen and oxygen atoms in total. The summed E-state index contributed by atoms with van der Waals surface area (Å²) in [7, 11) is -3.51. The molecule has 0 bridgehead atoms. The van der Waals surface area contributed by atoms with Gasteiger partial charge >= 0.3 is 6.09 Å². The number of ether oxygens (including phenoxy) is 1. The van der Waals surface area contributed by atoms with Crippen LogP contribution in [-0.2, 0) is 19.0 Å². The molecule has 0 rings (SSSR count). The van der Waals surface area contributed by atoms with Crippen molar-refractivity contribution in [1.82, 2.24) is 5.32 Å². The van der Waals surface area contributed by atoms with E-state index in [1.54, 1.807) is 26.8 Å². The fraction of sp³-hybridized carbons (Fsp3) is 0.769. The summed E-state index contributed by atoms with van der Waals surface area (Å²) in [6.07, 6.45) is 2.15. The minimum absolute atomic E-state index is 0.100. The van der Waals surface area contributed by atoms with E-state index in [4.69, 9.17) is 4.74 Å². The summed E-state index contributed by atoms with van der Waals surface area (Å²) in [4.78, 5) is 11.8. The van der Waals surface area contributed by atoms with E-state index in [1.807, 2.05) is 13.8 Å². The molecule has 0 aromatic heterocycles. The van der Waals surface area contributed by atoms with Crippen LogP contribution >= 0.6 is 15.9 Å². The van der Waals surface area contributed by atoms with Crippen molar-refractivity contribution in [3.05, 3.63) is 10.6 Å². The van der Waals surface area contributed by atoms with Crippen LogP contribution in [0.4, 0.5) is 4.79 Å². The van der Waals surface area contributed by atoms with Crippen molar-refractivity contribution in [2.24, 2.45) is 5.92 Å². The molecule has 1 amide bonds. The molecule has 1 atom stereocenters.